The lowest BCUT2D eigenvalue weighted by molar-refractivity contribution is -0.126. The molecule has 0 bridgehead atoms. The molecule has 0 saturated heterocycles. The largest absolute Gasteiger partial charge is 0.329 e. The van der Waals surface area contributed by atoms with E-state index in [1.165, 1.54) is 6.42 Å². The van der Waals surface area contributed by atoms with Crippen molar-refractivity contribution in [1.29, 1.82) is 0 Å². The van der Waals surface area contributed by atoms with Gasteiger partial charge in [-0.15, -0.1) is 0 Å². The van der Waals surface area contributed by atoms with Crippen LogP contribution in [0.3, 0.4) is 0 Å². The van der Waals surface area contributed by atoms with Crippen molar-refractivity contribution in [2.75, 3.05) is 11.9 Å². The van der Waals surface area contributed by atoms with Crippen LogP contribution in [0.25, 0.3) is 0 Å². The van der Waals surface area contributed by atoms with E-state index < -0.39 is 5.41 Å². The van der Waals surface area contributed by atoms with Crippen LogP contribution >= 0.6 is 11.6 Å². The zero-order valence-corrected chi connectivity index (χ0v) is 12.1. The molecule has 0 radical (unpaired) electrons. The fourth-order valence-electron chi connectivity index (χ4n) is 2.75. The normalized spacial score (nSPS) is 18.1. The summed E-state index contributed by atoms with van der Waals surface area (Å²) in [7, 11) is 0. The summed E-state index contributed by atoms with van der Waals surface area (Å²) in [5.74, 6) is 0.0417. The average molecular weight is 281 g/mol. The lowest BCUT2D eigenvalue weighted by Crippen LogP contribution is -2.43. The Labute approximate surface area is 119 Å². The number of halogens is 1. The lowest BCUT2D eigenvalue weighted by atomic mass is 9.73. The highest BCUT2D eigenvalue weighted by Crippen LogP contribution is 2.37. The molecule has 1 fully saturated rings. The van der Waals surface area contributed by atoms with E-state index in [0.717, 1.165) is 36.9 Å². The van der Waals surface area contributed by atoms with E-state index in [0.29, 0.717) is 11.6 Å². The summed E-state index contributed by atoms with van der Waals surface area (Å²) in [6.45, 7) is 2.33. The molecule has 3 N–H and O–H groups in total. The Balaban J connectivity index is 2.17. The molecule has 3 nitrogen and oxygen atoms in total. The van der Waals surface area contributed by atoms with E-state index in [-0.39, 0.29) is 5.91 Å². The van der Waals surface area contributed by atoms with Crippen LogP contribution in [-0.2, 0) is 4.79 Å². The van der Waals surface area contributed by atoms with Gasteiger partial charge in [-0.3, -0.25) is 4.79 Å². The van der Waals surface area contributed by atoms with Crippen molar-refractivity contribution >= 4 is 23.2 Å². The number of benzene rings is 1. The van der Waals surface area contributed by atoms with Crippen LogP contribution in [0, 0.1) is 12.3 Å². The van der Waals surface area contributed by atoms with Gasteiger partial charge in [0.05, 0.1) is 5.41 Å². The Morgan fingerprint density at radius 1 is 1.37 bits per heavy atom. The van der Waals surface area contributed by atoms with Gasteiger partial charge in [-0.2, -0.15) is 0 Å². The quantitative estimate of drug-likeness (QED) is 0.890. The number of rotatable bonds is 3. The molecule has 0 spiro atoms. The van der Waals surface area contributed by atoms with Gasteiger partial charge in [-0.05, 0) is 37.5 Å². The second-order valence-electron chi connectivity index (χ2n) is 5.41. The standard InChI is InChI=1S/C15H21ClN2O/c1-11-12(16)6-5-7-13(11)18-14(19)15(10-17)8-3-2-4-9-15/h5-7H,2-4,8-10,17H2,1H3,(H,18,19). The van der Waals surface area contributed by atoms with Crippen molar-refractivity contribution in [3.8, 4) is 0 Å². The van der Waals surface area contributed by atoms with Gasteiger partial charge in [-0.1, -0.05) is 36.9 Å². The van der Waals surface area contributed by atoms with Crippen molar-refractivity contribution in [1.82, 2.24) is 0 Å². The molecule has 1 saturated carbocycles. The number of hydrogen-bond donors (Lipinski definition) is 2. The molecule has 0 aliphatic heterocycles. The summed E-state index contributed by atoms with van der Waals surface area (Å²) in [6.07, 6.45) is 5.13. The first-order valence-electron chi connectivity index (χ1n) is 6.86. The second-order valence-corrected chi connectivity index (χ2v) is 5.82. The molecular weight excluding hydrogens is 260 g/mol. The molecule has 1 aliphatic carbocycles. The Morgan fingerprint density at radius 2 is 2.05 bits per heavy atom. The molecule has 0 aromatic heterocycles. The summed E-state index contributed by atoms with van der Waals surface area (Å²) >= 11 is 6.08. The monoisotopic (exact) mass is 280 g/mol. The van der Waals surface area contributed by atoms with Gasteiger partial charge in [0, 0.05) is 17.3 Å². The van der Waals surface area contributed by atoms with Gasteiger partial charge in [-0.25, -0.2) is 0 Å². The number of carbonyl (C=O) groups is 1. The summed E-state index contributed by atoms with van der Waals surface area (Å²) in [4.78, 5) is 12.5. The van der Waals surface area contributed by atoms with Crippen LogP contribution in [0.4, 0.5) is 5.69 Å². The van der Waals surface area contributed by atoms with Gasteiger partial charge in [0.25, 0.3) is 0 Å². The number of carbonyl (C=O) groups excluding carboxylic acids is 1. The Hall–Kier alpha value is -1.06. The van der Waals surface area contributed by atoms with E-state index >= 15 is 0 Å². The fourth-order valence-corrected chi connectivity index (χ4v) is 2.92. The third kappa shape index (κ3) is 2.93. The maximum atomic E-state index is 12.5. The lowest BCUT2D eigenvalue weighted by Gasteiger charge is -2.34. The summed E-state index contributed by atoms with van der Waals surface area (Å²) < 4.78 is 0. The van der Waals surface area contributed by atoms with Crippen LogP contribution in [0.1, 0.15) is 37.7 Å². The number of anilines is 1. The average Bonchev–Trinajstić information content (AvgIpc) is 2.44. The first-order valence-corrected chi connectivity index (χ1v) is 7.23. The molecule has 0 atom stereocenters. The second kappa shape index (κ2) is 5.93. The third-order valence-corrected chi connectivity index (χ3v) is 4.61. The maximum Gasteiger partial charge on any atom is 0.231 e. The minimum atomic E-state index is -0.396. The predicted octanol–water partition coefficient (Wildman–Crippen LogP) is 3.50. The highest BCUT2D eigenvalue weighted by molar-refractivity contribution is 6.31. The number of nitrogens with one attached hydrogen (secondary N) is 1. The molecule has 0 unspecified atom stereocenters. The zero-order valence-electron chi connectivity index (χ0n) is 11.3. The minimum absolute atomic E-state index is 0.0417. The highest BCUT2D eigenvalue weighted by atomic mass is 35.5. The smallest absolute Gasteiger partial charge is 0.231 e. The molecule has 2 rings (SSSR count). The maximum absolute atomic E-state index is 12.5. The van der Waals surface area contributed by atoms with E-state index in [9.17, 15) is 4.79 Å². The molecule has 1 amide bonds. The summed E-state index contributed by atoms with van der Waals surface area (Å²) in [6, 6.07) is 5.55. The zero-order chi connectivity index (χ0) is 13.9. The third-order valence-electron chi connectivity index (χ3n) is 4.20. The van der Waals surface area contributed by atoms with E-state index in [1.54, 1.807) is 0 Å². The Kier molecular flexibility index (Phi) is 4.48. The fraction of sp³-hybridized carbons (Fsp3) is 0.533. The van der Waals surface area contributed by atoms with Crippen LogP contribution in [0.2, 0.25) is 5.02 Å². The van der Waals surface area contributed by atoms with E-state index in [2.05, 4.69) is 5.32 Å². The highest BCUT2D eigenvalue weighted by Gasteiger charge is 2.38. The van der Waals surface area contributed by atoms with Crippen molar-refractivity contribution in [2.24, 2.45) is 11.1 Å². The molecule has 19 heavy (non-hydrogen) atoms. The topological polar surface area (TPSA) is 55.1 Å². The van der Waals surface area contributed by atoms with Crippen molar-refractivity contribution < 1.29 is 4.79 Å². The van der Waals surface area contributed by atoms with Gasteiger partial charge in [0.2, 0.25) is 5.91 Å². The first-order chi connectivity index (χ1) is 9.09. The number of hydrogen-bond acceptors (Lipinski definition) is 2. The van der Waals surface area contributed by atoms with Crippen LogP contribution in [-0.4, -0.2) is 12.5 Å². The van der Waals surface area contributed by atoms with Crippen molar-refractivity contribution in [3.05, 3.63) is 28.8 Å². The van der Waals surface area contributed by atoms with Crippen LogP contribution in [0.15, 0.2) is 18.2 Å². The molecule has 1 aromatic carbocycles. The molecular formula is C15H21ClN2O. The predicted molar refractivity (Wildman–Crippen MR) is 79.4 cm³/mol. The molecule has 1 aliphatic rings. The molecule has 0 heterocycles. The van der Waals surface area contributed by atoms with Crippen molar-refractivity contribution in [3.63, 3.8) is 0 Å². The van der Waals surface area contributed by atoms with Gasteiger partial charge >= 0.3 is 0 Å². The number of nitrogens with two attached hydrogens (primary N) is 1. The SMILES string of the molecule is Cc1c(Cl)cccc1NC(=O)C1(CN)CCCCC1. The summed E-state index contributed by atoms with van der Waals surface area (Å²) in [5.41, 5.74) is 7.17. The molecule has 1 aromatic rings. The molecule has 104 valence electrons. The Bertz CT molecular complexity index is 467. The Morgan fingerprint density at radius 3 is 2.68 bits per heavy atom. The summed E-state index contributed by atoms with van der Waals surface area (Å²) in [5, 5.41) is 3.68. The molecule has 4 heteroatoms. The van der Waals surface area contributed by atoms with E-state index in [1.807, 2.05) is 25.1 Å². The minimum Gasteiger partial charge on any atom is -0.329 e. The van der Waals surface area contributed by atoms with Gasteiger partial charge < -0.3 is 11.1 Å². The van der Waals surface area contributed by atoms with Crippen LogP contribution < -0.4 is 11.1 Å². The van der Waals surface area contributed by atoms with E-state index in [4.69, 9.17) is 17.3 Å². The van der Waals surface area contributed by atoms with Crippen molar-refractivity contribution in [2.45, 2.75) is 39.0 Å². The van der Waals surface area contributed by atoms with Gasteiger partial charge in [0.1, 0.15) is 0 Å². The van der Waals surface area contributed by atoms with Gasteiger partial charge in [0.15, 0.2) is 0 Å². The van der Waals surface area contributed by atoms with Crippen LogP contribution in [0.5, 0.6) is 0 Å². The first kappa shape index (κ1) is 14.4. The number of amides is 1.